The van der Waals surface area contributed by atoms with Gasteiger partial charge in [-0.3, -0.25) is 10.2 Å². The first-order valence-corrected chi connectivity index (χ1v) is 4.93. The zero-order valence-corrected chi connectivity index (χ0v) is 9.05. The Labute approximate surface area is 94.0 Å². The lowest BCUT2D eigenvalue weighted by atomic mass is 10.2. The highest BCUT2D eigenvalue weighted by Gasteiger charge is 2.05. The molecule has 0 atom stereocenters. The van der Waals surface area contributed by atoms with Crippen molar-refractivity contribution in [3.05, 3.63) is 30.3 Å². The zero-order valence-electron chi connectivity index (χ0n) is 9.05. The molecule has 1 aromatic carbocycles. The van der Waals surface area contributed by atoms with E-state index in [-0.39, 0.29) is 11.5 Å². The fourth-order valence-electron chi connectivity index (χ4n) is 1.05. The predicted molar refractivity (Wildman–Crippen MR) is 65.5 cm³/mol. The molecule has 84 valence electrons. The summed E-state index contributed by atoms with van der Waals surface area (Å²) in [5, 5.41) is 7.24. The number of Topliss-reactive ketones (excluding diaryl/α,β-unsaturated/α-hetero) is 1. The topological polar surface area (TPSA) is 79.8 Å². The summed E-state index contributed by atoms with van der Waals surface area (Å²) in [6.07, 6.45) is 1.60. The van der Waals surface area contributed by atoms with Crippen LogP contribution in [0.15, 0.2) is 40.5 Å². The van der Waals surface area contributed by atoms with Crippen LogP contribution in [-0.2, 0) is 4.79 Å². The second-order valence-corrected chi connectivity index (χ2v) is 3.03. The SMILES string of the molecule is CCC(=O)C(/C=N/N)=N/Nc1ccccc1. The molecule has 0 amide bonds. The lowest BCUT2D eigenvalue weighted by Gasteiger charge is -2.01. The molecule has 0 heterocycles. The molecule has 0 spiro atoms. The smallest absolute Gasteiger partial charge is 0.184 e. The van der Waals surface area contributed by atoms with Gasteiger partial charge in [0.15, 0.2) is 5.78 Å². The predicted octanol–water partition coefficient (Wildman–Crippen LogP) is 1.38. The van der Waals surface area contributed by atoms with Crippen molar-refractivity contribution in [3.63, 3.8) is 0 Å². The molecule has 0 bridgehead atoms. The summed E-state index contributed by atoms with van der Waals surface area (Å²) in [5.74, 6) is 4.89. The maximum Gasteiger partial charge on any atom is 0.184 e. The molecule has 5 nitrogen and oxygen atoms in total. The summed E-state index contributed by atoms with van der Waals surface area (Å²) in [4.78, 5) is 11.4. The van der Waals surface area contributed by atoms with E-state index in [1.165, 1.54) is 6.21 Å². The number of nitrogens with two attached hydrogens (primary N) is 1. The number of benzene rings is 1. The first-order valence-electron chi connectivity index (χ1n) is 4.93. The minimum Gasteiger partial charge on any atom is -0.323 e. The standard InChI is InChI=1S/C11H14N4O/c1-2-11(16)10(8-13-12)15-14-9-6-4-3-5-7-9/h3-8,14H,2,12H2,1H3/b13-8+,15-10+. The van der Waals surface area contributed by atoms with Crippen molar-refractivity contribution >= 4 is 23.4 Å². The third-order valence-corrected chi connectivity index (χ3v) is 1.88. The van der Waals surface area contributed by atoms with Gasteiger partial charge in [-0.05, 0) is 12.1 Å². The summed E-state index contributed by atoms with van der Waals surface area (Å²) >= 11 is 0. The Kier molecular flexibility index (Phi) is 4.72. The second kappa shape index (κ2) is 6.34. The Morgan fingerprint density at radius 1 is 1.44 bits per heavy atom. The van der Waals surface area contributed by atoms with E-state index in [0.29, 0.717) is 6.42 Å². The number of para-hydroxylation sites is 1. The normalized spacial score (nSPS) is 11.7. The van der Waals surface area contributed by atoms with Crippen molar-refractivity contribution < 1.29 is 4.79 Å². The van der Waals surface area contributed by atoms with E-state index < -0.39 is 0 Å². The number of nitrogens with one attached hydrogen (secondary N) is 1. The van der Waals surface area contributed by atoms with Crippen LogP contribution in [-0.4, -0.2) is 17.7 Å². The minimum atomic E-state index is -0.113. The van der Waals surface area contributed by atoms with Gasteiger partial charge in [0.1, 0.15) is 5.71 Å². The molecule has 1 aromatic rings. The molecule has 0 radical (unpaired) electrons. The lowest BCUT2D eigenvalue weighted by Crippen LogP contribution is -2.17. The van der Waals surface area contributed by atoms with E-state index in [1.807, 2.05) is 30.3 Å². The number of hydrazone groups is 2. The van der Waals surface area contributed by atoms with Gasteiger partial charge in [-0.1, -0.05) is 25.1 Å². The van der Waals surface area contributed by atoms with Crippen molar-refractivity contribution in [2.75, 3.05) is 5.43 Å². The van der Waals surface area contributed by atoms with Crippen molar-refractivity contribution in [1.82, 2.24) is 0 Å². The number of nitrogens with zero attached hydrogens (tertiary/aromatic N) is 2. The molecule has 0 fully saturated rings. The van der Waals surface area contributed by atoms with Gasteiger partial charge in [-0.25, -0.2) is 0 Å². The highest BCUT2D eigenvalue weighted by atomic mass is 16.1. The number of ketones is 1. The van der Waals surface area contributed by atoms with Crippen molar-refractivity contribution in [1.29, 1.82) is 0 Å². The first kappa shape index (κ1) is 11.9. The van der Waals surface area contributed by atoms with Crippen LogP contribution in [0.2, 0.25) is 0 Å². The maximum absolute atomic E-state index is 11.4. The van der Waals surface area contributed by atoms with Gasteiger partial charge >= 0.3 is 0 Å². The third-order valence-electron chi connectivity index (χ3n) is 1.88. The Hall–Kier alpha value is -2.17. The average Bonchev–Trinajstić information content (AvgIpc) is 2.34. The first-order chi connectivity index (χ1) is 7.77. The van der Waals surface area contributed by atoms with Gasteiger partial charge in [0.2, 0.25) is 0 Å². The molecule has 0 aliphatic rings. The highest BCUT2D eigenvalue weighted by molar-refractivity contribution is 6.61. The number of carbonyl (C=O) groups is 1. The van der Waals surface area contributed by atoms with Gasteiger partial charge in [-0.2, -0.15) is 10.2 Å². The van der Waals surface area contributed by atoms with Crippen molar-refractivity contribution in [3.8, 4) is 0 Å². The average molecular weight is 218 g/mol. The van der Waals surface area contributed by atoms with E-state index in [9.17, 15) is 4.79 Å². The van der Waals surface area contributed by atoms with Crippen molar-refractivity contribution in [2.24, 2.45) is 16.0 Å². The maximum atomic E-state index is 11.4. The molecule has 0 saturated carbocycles. The zero-order chi connectivity index (χ0) is 11.8. The van der Waals surface area contributed by atoms with Crippen LogP contribution in [0.5, 0.6) is 0 Å². The van der Waals surface area contributed by atoms with Gasteiger partial charge in [-0.15, -0.1) is 0 Å². The second-order valence-electron chi connectivity index (χ2n) is 3.03. The van der Waals surface area contributed by atoms with Crippen LogP contribution in [0.1, 0.15) is 13.3 Å². The Morgan fingerprint density at radius 2 is 2.12 bits per heavy atom. The Bertz CT molecular complexity index is 398. The van der Waals surface area contributed by atoms with Gasteiger partial charge in [0.25, 0.3) is 0 Å². The summed E-state index contributed by atoms with van der Waals surface area (Å²) in [5.41, 5.74) is 3.78. The fourth-order valence-corrected chi connectivity index (χ4v) is 1.05. The molecule has 5 heteroatoms. The monoisotopic (exact) mass is 218 g/mol. The lowest BCUT2D eigenvalue weighted by molar-refractivity contribution is -0.112. The molecule has 1 rings (SSSR count). The van der Waals surface area contributed by atoms with Crippen molar-refractivity contribution in [2.45, 2.75) is 13.3 Å². The van der Waals surface area contributed by atoms with Gasteiger partial charge in [0.05, 0.1) is 11.9 Å². The summed E-state index contributed by atoms with van der Waals surface area (Å²) in [6.45, 7) is 1.75. The van der Waals surface area contributed by atoms with Crippen LogP contribution >= 0.6 is 0 Å². The van der Waals surface area contributed by atoms with Crippen LogP contribution < -0.4 is 11.3 Å². The Balaban J connectivity index is 2.76. The summed E-state index contributed by atoms with van der Waals surface area (Å²) < 4.78 is 0. The van der Waals surface area contributed by atoms with E-state index >= 15 is 0 Å². The van der Waals surface area contributed by atoms with Crippen LogP contribution in [0.4, 0.5) is 5.69 Å². The fraction of sp³-hybridized carbons (Fsp3) is 0.182. The molecule has 3 N–H and O–H groups in total. The molecule has 0 aliphatic heterocycles. The third kappa shape index (κ3) is 3.53. The molecule has 0 aromatic heterocycles. The van der Waals surface area contributed by atoms with E-state index in [0.717, 1.165) is 5.69 Å². The molecule has 0 aliphatic carbocycles. The number of carbonyl (C=O) groups excluding carboxylic acids is 1. The molecule has 0 unspecified atom stereocenters. The van der Waals surface area contributed by atoms with Gasteiger partial charge < -0.3 is 5.84 Å². The van der Waals surface area contributed by atoms with E-state index in [1.54, 1.807) is 6.92 Å². The van der Waals surface area contributed by atoms with E-state index in [4.69, 9.17) is 5.84 Å². The van der Waals surface area contributed by atoms with E-state index in [2.05, 4.69) is 15.6 Å². The quantitative estimate of drug-likeness (QED) is 0.445. The molecular formula is C11H14N4O. The van der Waals surface area contributed by atoms with Crippen LogP contribution in [0, 0.1) is 0 Å². The largest absolute Gasteiger partial charge is 0.323 e. The highest BCUT2D eigenvalue weighted by Crippen LogP contribution is 2.04. The summed E-state index contributed by atoms with van der Waals surface area (Å²) in [6, 6.07) is 9.33. The van der Waals surface area contributed by atoms with Gasteiger partial charge in [0, 0.05) is 6.42 Å². The number of rotatable bonds is 5. The molecular weight excluding hydrogens is 204 g/mol. The summed E-state index contributed by atoms with van der Waals surface area (Å²) in [7, 11) is 0. The molecule has 16 heavy (non-hydrogen) atoms. The number of hydrogen-bond donors (Lipinski definition) is 2. The minimum absolute atomic E-state index is 0.113. The van der Waals surface area contributed by atoms with Crippen LogP contribution in [0.25, 0.3) is 0 Å². The number of anilines is 1. The van der Waals surface area contributed by atoms with Crippen LogP contribution in [0.3, 0.4) is 0 Å². The molecule has 0 saturated heterocycles. The Morgan fingerprint density at radius 3 is 2.69 bits per heavy atom. The number of hydrogen-bond acceptors (Lipinski definition) is 5.